The molecule has 0 saturated carbocycles. The van der Waals surface area contributed by atoms with E-state index >= 15 is 0 Å². The Kier molecular flexibility index (Phi) is 8.90. The summed E-state index contributed by atoms with van der Waals surface area (Å²) >= 11 is 0. The summed E-state index contributed by atoms with van der Waals surface area (Å²) in [5.74, 6) is 1.12. The van der Waals surface area contributed by atoms with Gasteiger partial charge in [0.05, 0.1) is 6.61 Å². The number of carbonyl (C=O) groups is 1. The number of carbonyl (C=O) groups excluding carboxylic acids is 1. The topological polar surface area (TPSA) is 29.5 Å². The molecular weight excluding hydrogens is 298 g/mol. The molecule has 0 bridgehead atoms. The molecule has 0 amide bonds. The molecule has 1 heterocycles. The fourth-order valence-corrected chi connectivity index (χ4v) is 3.22. The van der Waals surface area contributed by atoms with Crippen molar-refractivity contribution in [2.45, 2.75) is 64.7 Å². The second kappa shape index (κ2) is 11.2. The summed E-state index contributed by atoms with van der Waals surface area (Å²) in [4.78, 5) is 14.7. The maximum Gasteiger partial charge on any atom is 0.164 e. The molecule has 1 saturated heterocycles. The van der Waals surface area contributed by atoms with E-state index < -0.39 is 0 Å². The Morgan fingerprint density at radius 3 is 2.42 bits per heavy atom. The van der Waals surface area contributed by atoms with Crippen LogP contribution in [-0.4, -0.2) is 36.9 Å². The number of likely N-dealkylation sites (tertiary alicyclic amines) is 1. The van der Waals surface area contributed by atoms with Crippen molar-refractivity contribution < 1.29 is 9.53 Å². The number of ether oxygens (including phenoxy) is 1. The summed E-state index contributed by atoms with van der Waals surface area (Å²) in [6.45, 7) is 6.20. The smallest absolute Gasteiger partial charge is 0.164 e. The highest BCUT2D eigenvalue weighted by molar-refractivity contribution is 5.96. The molecular formula is C21H33NO2. The van der Waals surface area contributed by atoms with Crippen molar-refractivity contribution in [2.75, 3.05) is 26.2 Å². The average Bonchev–Trinajstić information content (AvgIpc) is 2.64. The predicted octanol–water partition coefficient (Wildman–Crippen LogP) is 5.09. The highest BCUT2D eigenvalue weighted by atomic mass is 16.5. The third-order valence-electron chi connectivity index (χ3n) is 4.80. The number of unbranched alkanes of at least 4 members (excludes halogenated alkanes) is 4. The zero-order valence-corrected chi connectivity index (χ0v) is 15.3. The Bertz CT molecular complexity index is 463. The number of Topliss-reactive ketones (excluding diaryl/α,β-unsaturated/α-hetero) is 1. The van der Waals surface area contributed by atoms with E-state index in [1.807, 2.05) is 24.3 Å². The van der Waals surface area contributed by atoms with Crippen molar-refractivity contribution in [2.24, 2.45) is 0 Å². The van der Waals surface area contributed by atoms with E-state index in [0.717, 1.165) is 44.0 Å². The van der Waals surface area contributed by atoms with Crippen LogP contribution in [0.2, 0.25) is 0 Å². The number of nitrogens with zero attached hydrogens (tertiary/aromatic N) is 1. The second-order valence-corrected chi connectivity index (χ2v) is 6.86. The monoisotopic (exact) mass is 331 g/mol. The van der Waals surface area contributed by atoms with Gasteiger partial charge in [-0.3, -0.25) is 4.79 Å². The minimum absolute atomic E-state index is 0.242. The van der Waals surface area contributed by atoms with Crippen LogP contribution in [0, 0.1) is 0 Å². The molecule has 1 aromatic rings. The van der Waals surface area contributed by atoms with Crippen LogP contribution >= 0.6 is 0 Å². The van der Waals surface area contributed by atoms with E-state index in [1.165, 1.54) is 44.9 Å². The molecule has 0 aliphatic carbocycles. The summed E-state index contributed by atoms with van der Waals surface area (Å²) in [6.07, 6.45) is 10.7. The minimum Gasteiger partial charge on any atom is -0.494 e. The number of ketones is 1. The molecule has 134 valence electrons. The van der Waals surface area contributed by atoms with Crippen molar-refractivity contribution in [3.63, 3.8) is 0 Å². The van der Waals surface area contributed by atoms with E-state index in [0.29, 0.717) is 6.42 Å². The summed E-state index contributed by atoms with van der Waals surface area (Å²) in [5, 5.41) is 0. The quantitative estimate of drug-likeness (QED) is 0.417. The Labute approximate surface area is 147 Å². The van der Waals surface area contributed by atoms with Gasteiger partial charge in [-0.15, -0.1) is 0 Å². The number of benzene rings is 1. The lowest BCUT2D eigenvalue weighted by atomic mass is 10.1. The van der Waals surface area contributed by atoms with Gasteiger partial charge in [0.25, 0.3) is 0 Å². The van der Waals surface area contributed by atoms with Gasteiger partial charge in [-0.25, -0.2) is 0 Å². The molecule has 3 heteroatoms. The van der Waals surface area contributed by atoms with Crippen LogP contribution in [0.3, 0.4) is 0 Å². The molecule has 1 fully saturated rings. The normalized spacial score (nSPS) is 15.4. The first-order valence-corrected chi connectivity index (χ1v) is 9.78. The van der Waals surface area contributed by atoms with Crippen molar-refractivity contribution in [1.29, 1.82) is 0 Å². The average molecular weight is 332 g/mol. The van der Waals surface area contributed by atoms with E-state index in [9.17, 15) is 4.79 Å². The standard InChI is InChI=1S/C21H33NO2/c1-2-3-4-5-9-18-24-20-12-10-19(11-13-20)21(23)14-17-22-15-7-6-8-16-22/h10-13H,2-9,14-18H2,1H3. The van der Waals surface area contributed by atoms with Gasteiger partial charge in [0.1, 0.15) is 5.75 Å². The predicted molar refractivity (Wildman–Crippen MR) is 99.9 cm³/mol. The maximum atomic E-state index is 12.3. The Morgan fingerprint density at radius 1 is 1.00 bits per heavy atom. The van der Waals surface area contributed by atoms with Gasteiger partial charge < -0.3 is 9.64 Å². The summed E-state index contributed by atoms with van der Waals surface area (Å²) in [6, 6.07) is 7.68. The molecule has 24 heavy (non-hydrogen) atoms. The van der Waals surface area contributed by atoms with E-state index in [1.54, 1.807) is 0 Å². The van der Waals surface area contributed by atoms with E-state index in [2.05, 4.69) is 11.8 Å². The third-order valence-corrected chi connectivity index (χ3v) is 4.80. The molecule has 0 unspecified atom stereocenters. The molecule has 0 N–H and O–H groups in total. The zero-order chi connectivity index (χ0) is 17.0. The van der Waals surface area contributed by atoms with Gasteiger partial charge >= 0.3 is 0 Å². The lowest BCUT2D eigenvalue weighted by molar-refractivity contribution is 0.0958. The molecule has 1 aliphatic heterocycles. The van der Waals surface area contributed by atoms with Crippen LogP contribution in [0.4, 0.5) is 0 Å². The van der Waals surface area contributed by atoms with Gasteiger partial charge in [-0.05, 0) is 56.6 Å². The van der Waals surface area contributed by atoms with Crippen LogP contribution < -0.4 is 4.74 Å². The Hall–Kier alpha value is -1.35. The first-order chi connectivity index (χ1) is 11.8. The zero-order valence-electron chi connectivity index (χ0n) is 15.3. The van der Waals surface area contributed by atoms with Crippen LogP contribution in [0.15, 0.2) is 24.3 Å². The van der Waals surface area contributed by atoms with Crippen molar-refractivity contribution in [3.8, 4) is 5.75 Å². The highest BCUT2D eigenvalue weighted by Gasteiger charge is 2.12. The lowest BCUT2D eigenvalue weighted by Gasteiger charge is -2.25. The van der Waals surface area contributed by atoms with Crippen molar-refractivity contribution in [3.05, 3.63) is 29.8 Å². The number of piperidine rings is 1. The molecule has 0 spiro atoms. The van der Waals surface area contributed by atoms with Gasteiger partial charge in [-0.1, -0.05) is 39.0 Å². The molecule has 3 nitrogen and oxygen atoms in total. The van der Waals surface area contributed by atoms with Gasteiger partial charge in [0.15, 0.2) is 5.78 Å². The van der Waals surface area contributed by atoms with E-state index in [-0.39, 0.29) is 5.78 Å². The highest BCUT2D eigenvalue weighted by Crippen LogP contribution is 2.15. The summed E-state index contributed by atoms with van der Waals surface area (Å²) in [5.41, 5.74) is 0.808. The first-order valence-electron chi connectivity index (χ1n) is 9.78. The molecule has 1 aliphatic rings. The molecule has 0 radical (unpaired) electrons. The van der Waals surface area contributed by atoms with Crippen LogP contribution in [0.1, 0.15) is 75.1 Å². The van der Waals surface area contributed by atoms with Crippen LogP contribution in [0.25, 0.3) is 0 Å². The maximum absolute atomic E-state index is 12.3. The number of hydrogen-bond acceptors (Lipinski definition) is 3. The summed E-state index contributed by atoms with van der Waals surface area (Å²) < 4.78 is 5.76. The van der Waals surface area contributed by atoms with Crippen LogP contribution in [0.5, 0.6) is 5.75 Å². The Balaban J connectivity index is 1.65. The molecule has 1 aromatic carbocycles. The molecule has 0 aromatic heterocycles. The van der Waals surface area contributed by atoms with Crippen molar-refractivity contribution >= 4 is 5.78 Å². The fourth-order valence-electron chi connectivity index (χ4n) is 3.22. The third kappa shape index (κ3) is 7.04. The second-order valence-electron chi connectivity index (χ2n) is 6.86. The largest absolute Gasteiger partial charge is 0.494 e. The molecule has 2 rings (SSSR count). The van der Waals surface area contributed by atoms with Gasteiger partial charge in [0.2, 0.25) is 0 Å². The number of rotatable bonds is 11. The van der Waals surface area contributed by atoms with Crippen molar-refractivity contribution in [1.82, 2.24) is 4.90 Å². The first kappa shape index (κ1) is 19.0. The fraction of sp³-hybridized carbons (Fsp3) is 0.667. The molecule has 0 atom stereocenters. The minimum atomic E-state index is 0.242. The lowest BCUT2D eigenvalue weighted by Crippen LogP contribution is -2.31. The van der Waals surface area contributed by atoms with E-state index in [4.69, 9.17) is 4.74 Å². The van der Waals surface area contributed by atoms with Crippen LogP contribution in [-0.2, 0) is 0 Å². The summed E-state index contributed by atoms with van der Waals surface area (Å²) in [7, 11) is 0. The van der Waals surface area contributed by atoms with Gasteiger partial charge in [-0.2, -0.15) is 0 Å². The van der Waals surface area contributed by atoms with Gasteiger partial charge in [0, 0.05) is 18.5 Å². The number of hydrogen-bond donors (Lipinski definition) is 0. The Morgan fingerprint density at radius 2 is 1.71 bits per heavy atom. The SMILES string of the molecule is CCCCCCCOc1ccc(C(=O)CCN2CCCCC2)cc1.